The highest BCUT2D eigenvalue weighted by Crippen LogP contribution is 2.47. The minimum Gasteiger partial charge on any atom is -0.326 e. The Kier molecular flexibility index (Phi) is 3.75. The lowest BCUT2D eigenvalue weighted by atomic mass is 10.1. The summed E-state index contributed by atoms with van der Waals surface area (Å²) in [5.41, 5.74) is 3.03. The molecule has 1 amide bonds. The highest BCUT2D eigenvalue weighted by Gasteiger charge is 2.43. The second-order valence-corrected chi connectivity index (χ2v) is 5.41. The summed E-state index contributed by atoms with van der Waals surface area (Å²) in [6.07, 6.45) is 0.929. The third-order valence-corrected chi connectivity index (χ3v) is 4.06. The van der Waals surface area contributed by atoms with Gasteiger partial charge in [0.15, 0.2) is 0 Å². The van der Waals surface area contributed by atoms with Crippen molar-refractivity contribution >= 4 is 23.2 Å². The molecule has 2 aromatic rings. The maximum absolute atomic E-state index is 12.3. The van der Waals surface area contributed by atoms with E-state index in [4.69, 9.17) is 11.6 Å². The number of nitrogens with one attached hydrogen (secondary N) is 1. The summed E-state index contributed by atoms with van der Waals surface area (Å²) in [6.45, 7) is 0. The van der Waals surface area contributed by atoms with Gasteiger partial charge in [-0.3, -0.25) is 4.79 Å². The van der Waals surface area contributed by atoms with Crippen LogP contribution in [0, 0.1) is 5.92 Å². The number of alkyl halides is 1. The third kappa shape index (κ3) is 2.70. The number of carbonyl (C=O) groups is 1. The Morgan fingerprint density at radius 2 is 1.80 bits per heavy atom. The van der Waals surface area contributed by atoms with Gasteiger partial charge in [-0.1, -0.05) is 48.5 Å². The van der Waals surface area contributed by atoms with E-state index >= 15 is 0 Å². The number of hydrogen-bond donors (Lipinski definition) is 1. The molecule has 1 aliphatic rings. The van der Waals surface area contributed by atoms with Crippen LogP contribution in [0.15, 0.2) is 54.6 Å². The molecule has 2 unspecified atom stereocenters. The second-order valence-electron chi connectivity index (χ2n) is 5.14. The minimum absolute atomic E-state index is 0.0841. The van der Waals surface area contributed by atoms with Crippen LogP contribution in [0.5, 0.6) is 0 Å². The third-order valence-electron chi connectivity index (χ3n) is 3.77. The molecule has 0 spiro atoms. The first-order chi connectivity index (χ1) is 9.79. The van der Waals surface area contributed by atoms with E-state index in [2.05, 4.69) is 17.4 Å². The molecule has 0 aromatic heterocycles. The summed E-state index contributed by atoms with van der Waals surface area (Å²) < 4.78 is 0. The van der Waals surface area contributed by atoms with E-state index in [0.29, 0.717) is 11.8 Å². The normalized spacial score (nSPS) is 20.4. The fourth-order valence-electron chi connectivity index (χ4n) is 2.54. The maximum atomic E-state index is 12.3. The summed E-state index contributed by atoms with van der Waals surface area (Å²) in [5, 5.41) is 3.00. The Hall–Kier alpha value is -1.80. The number of para-hydroxylation sites is 1. The van der Waals surface area contributed by atoms with Crippen molar-refractivity contribution in [1.82, 2.24) is 0 Å². The molecule has 0 radical (unpaired) electrons. The predicted molar refractivity (Wildman–Crippen MR) is 81.9 cm³/mol. The number of anilines is 1. The van der Waals surface area contributed by atoms with Gasteiger partial charge in [0.2, 0.25) is 5.91 Å². The number of halogens is 1. The zero-order valence-corrected chi connectivity index (χ0v) is 11.8. The van der Waals surface area contributed by atoms with Gasteiger partial charge >= 0.3 is 0 Å². The topological polar surface area (TPSA) is 29.1 Å². The summed E-state index contributed by atoms with van der Waals surface area (Å²) in [5.74, 6) is 0.944. The smallest absolute Gasteiger partial charge is 0.228 e. The molecule has 20 heavy (non-hydrogen) atoms. The van der Waals surface area contributed by atoms with Crippen LogP contribution in [0.25, 0.3) is 0 Å². The molecule has 1 saturated carbocycles. The van der Waals surface area contributed by atoms with Crippen molar-refractivity contribution in [3.63, 3.8) is 0 Å². The van der Waals surface area contributed by atoms with E-state index in [-0.39, 0.29) is 11.8 Å². The average molecular weight is 286 g/mol. The zero-order valence-electron chi connectivity index (χ0n) is 11.1. The molecule has 1 N–H and O–H groups in total. The summed E-state index contributed by atoms with van der Waals surface area (Å²) >= 11 is 5.88. The standard InChI is InChI=1S/C17H16ClNO/c18-11-13-8-4-5-9-16(13)19-17(20)15-10-14(15)12-6-2-1-3-7-12/h1-9,14-15H,10-11H2,(H,19,20). The van der Waals surface area contributed by atoms with Crippen molar-refractivity contribution in [2.24, 2.45) is 5.92 Å². The number of carbonyl (C=O) groups excluding carboxylic acids is 1. The van der Waals surface area contributed by atoms with E-state index in [1.807, 2.05) is 42.5 Å². The van der Waals surface area contributed by atoms with Gasteiger partial charge in [-0.2, -0.15) is 0 Å². The Labute approximate surface area is 123 Å². The van der Waals surface area contributed by atoms with Crippen LogP contribution in [0.3, 0.4) is 0 Å². The van der Waals surface area contributed by atoms with Crippen LogP contribution in [0.1, 0.15) is 23.5 Å². The zero-order chi connectivity index (χ0) is 13.9. The molecule has 2 nitrogen and oxygen atoms in total. The van der Waals surface area contributed by atoms with Crippen molar-refractivity contribution in [3.8, 4) is 0 Å². The lowest BCUT2D eigenvalue weighted by Gasteiger charge is -2.09. The maximum Gasteiger partial charge on any atom is 0.228 e. The fraction of sp³-hybridized carbons (Fsp3) is 0.235. The molecule has 0 saturated heterocycles. The van der Waals surface area contributed by atoms with Gasteiger partial charge in [-0.05, 0) is 29.5 Å². The van der Waals surface area contributed by atoms with Gasteiger partial charge in [0.25, 0.3) is 0 Å². The van der Waals surface area contributed by atoms with Crippen molar-refractivity contribution < 1.29 is 4.79 Å². The van der Waals surface area contributed by atoms with Crippen LogP contribution in [0.4, 0.5) is 5.69 Å². The number of amides is 1. The van der Waals surface area contributed by atoms with E-state index in [9.17, 15) is 4.79 Å². The van der Waals surface area contributed by atoms with Gasteiger partial charge in [0, 0.05) is 17.5 Å². The summed E-state index contributed by atoms with van der Waals surface area (Å²) in [7, 11) is 0. The Bertz CT molecular complexity index is 611. The van der Waals surface area contributed by atoms with Crippen molar-refractivity contribution in [3.05, 3.63) is 65.7 Å². The van der Waals surface area contributed by atoms with Crippen molar-refractivity contribution in [2.75, 3.05) is 5.32 Å². The molecule has 2 atom stereocenters. The molecule has 0 aliphatic heterocycles. The largest absolute Gasteiger partial charge is 0.326 e. The van der Waals surface area contributed by atoms with Gasteiger partial charge in [0.1, 0.15) is 0 Å². The van der Waals surface area contributed by atoms with Crippen LogP contribution in [-0.2, 0) is 10.7 Å². The van der Waals surface area contributed by atoms with Crippen LogP contribution >= 0.6 is 11.6 Å². The molecule has 3 rings (SSSR count). The molecular formula is C17H16ClNO. The number of benzene rings is 2. The second kappa shape index (κ2) is 5.68. The van der Waals surface area contributed by atoms with Crippen molar-refractivity contribution in [2.45, 2.75) is 18.2 Å². The highest BCUT2D eigenvalue weighted by molar-refractivity contribution is 6.17. The number of rotatable bonds is 4. The minimum atomic E-state index is 0.0841. The highest BCUT2D eigenvalue weighted by atomic mass is 35.5. The van der Waals surface area contributed by atoms with E-state index in [1.165, 1.54) is 5.56 Å². The molecular weight excluding hydrogens is 270 g/mol. The Balaban J connectivity index is 1.67. The average Bonchev–Trinajstić information content (AvgIpc) is 3.29. The SMILES string of the molecule is O=C(Nc1ccccc1CCl)C1CC1c1ccccc1. The van der Waals surface area contributed by atoms with Crippen LogP contribution in [-0.4, -0.2) is 5.91 Å². The van der Waals surface area contributed by atoms with E-state index < -0.39 is 0 Å². The monoisotopic (exact) mass is 285 g/mol. The molecule has 3 heteroatoms. The van der Waals surface area contributed by atoms with E-state index in [1.54, 1.807) is 0 Å². The Morgan fingerprint density at radius 3 is 2.55 bits per heavy atom. The van der Waals surface area contributed by atoms with Crippen LogP contribution < -0.4 is 5.32 Å². The Morgan fingerprint density at radius 1 is 1.10 bits per heavy atom. The first-order valence-electron chi connectivity index (χ1n) is 6.79. The molecule has 0 bridgehead atoms. The van der Waals surface area contributed by atoms with Crippen molar-refractivity contribution in [1.29, 1.82) is 0 Å². The first-order valence-corrected chi connectivity index (χ1v) is 7.32. The molecule has 2 aromatic carbocycles. The van der Waals surface area contributed by atoms with Gasteiger partial charge in [0.05, 0.1) is 0 Å². The molecule has 102 valence electrons. The molecule has 1 aliphatic carbocycles. The van der Waals surface area contributed by atoms with Gasteiger partial charge in [-0.25, -0.2) is 0 Å². The number of hydrogen-bond acceptors (Lipinski definition) is 1. The van der Waals surface area contributed by atoms with Gasteiger partial charge in [-0.15, -0.1) is 11.6 Å². The summed E-state index contributed by atoms with van der Waals surface area (Å²) in [6, 6.07) is 17.9. The lowest BCUT2D eigenvalue weighted by molar-refractivity contribution is -0.117. The quantitative estimate of drug-likeness (QED) is 0.840. The predicted octanol–water partition coefficient (Wildman–Crippen LogP) is 4.17. The van der Waals surface area contributed by atoms with Gasteiger partial charge < -0.3 is 5.32 Å². The lowest BCUT2D eigenvalue weighted by Crippen LogP contribution is -2.15. The fourth-order valence-corrected chi connectivity index (χ4v) is 2.77. The molecule has 1 fully saturated rings. The first kappa shape index (κ1) is 13.2. The molecule has 0 heterocycles. The summed E-state index contributed by atoms with van der Waals surface area (Å²) in [4.78, 5) is 12.3. The van der Waals surface area contributed by atoms with Crippen LogP contribution in [0.2, 0.25) is 0 Å². The van der Waals surface area contributed by atoms with E-state index in [0.717, 1.165) is 17.7 Å².